The van der Waals surface area contributed by atoms with Gasteiger partial charge in [0.05, 0.1) is 17.9 Å². The topological polar surface area (TPSA) is 64.1 Å². The van der Waals surface area contributed by atoms with Crippen LogP contribution >= 0.6 is 11.3 Å². The standard InChI is InChI=1S/C21H23N3O3S/c1-15-5-2-3-6-16(15)24-20(26)18(17-7-4-14-28-17)19(21(24)27)23-10-8-22(9-11-23)12-13-25/h2-7,14,25H,8-13H2,1H3. The number of carbonyl (C=O) groups excluding carboxylic acids is 2. The third kappa shape index (κ3) is 3.26. The molecule has 6 nitrogen and oxygen atoms in total. The predicted octanol–water partition coefficient (Wildman–Crippen LogP) is 1.95. The van der Waals surface area contributed by atoms with Crippen LogP contribution < -0.4 is 4.90 Å². The number of para-hydroxylation sites is 1. The van der Waals surface area contributed by atoms with Crippen LogP contribution in [0.25, 0.3) is 5.57 Å². The summed E-state index contributed by atoms with van der Waals surface area (Å²) in [6.07, 6.45) is 0. The van der Waals surface area contributed by atoms with Gasteiger partial charge in [0.2, 0.25) is 0 Å². The van der Waals surface area contributed by atoms with Gasteiger partial charge in [0, 0.05) is 37.6 Å². The third-order valence-electron chi connectivity index (χ3n) is 5.29. The number of rotatable bonds is 5. The number of aryl methyl sites for hydroxylation is 1. The summed E-state index contributed by atoms with van der Waals surface area (Å²) < 4.78 is 0. The highest BCUT2D eigenvalue weighted by molar-refractivity contribution is 7.11. The first-order chi connectivity index (χ1) is 13.6. The molecule has 3 heterocycles. The average molecular weight is 398 g/mol. The van der Waals surface area contributed by atoms with Gasteiger partial charge in [0.25, 0.3) is 11.8 Å². The van der Waals surface area contributed by atoms with E-state index in [9.17, 15) is 9.59 Å². The number of hydrogen-bond acceptors (Lipinski definition) is 6. The van der Waals surface area contributed by atoms with Gasteiger partial charge in [-0.1, -0.05) is 24.3 Å². The minimum absolute atomic E-state index is 0.127. The number of nitrogens with zero attached hydrogens (tertiary/aromatic N) is 3. The normalized spacial score (nSPS) is 18.5. The quantitative estimate of drug-likeness (QED) is 0.782. The molecule has 0 saturated carbocycles. The molecule has 2 amide bonds. The second-order valence-corrected chi connectivity index (χ2v) is 7.93. The Hall–Kier alpha value is -2.48. The number of aliphatic hydroxyl groups is 1. The van der Waals surface area contributed by atoms with Crippen LogP contribution in [0.5, 0.6) is 0 Å². The van der Waals surface area contributed by atoms with E-state index in [-0.39, 0.29) is 18.4 Å². The number of thiophene rings is 1. The minimum Gasteiger partial charge on any atom is -0.395 e. The van der Waals surface area contributed by atoms with Crippen molar-refractivity contribution in [2.24, 2.45) is 0 Å². The second kappa shape index (κ2) is 7.87. The Kier molecular flexibility index (Phi) is 5.30. The highest BCUT2D eigenvalue weighted by atomic mass is 32.1. The highest BCUT2D eigenvalue weighted by Gasteiger charge is 2.43. The fourth-order valence-corrected chi connectivity index (χ4v) is 4.59. The lowest BCUT2D eigenvalue weighted by Gasteiger charge is -2.36. The molecular weight excluding hydrogens is 374 g/mol. The molecule has 0 bridgehead atoms. The fraction of sp³-hybridized carbons (Fsp3) is 0.333. The molecule has 0 unspecified atom stereocenters. The molecule has 0 radical (unpaired) electrons. The van der Waals surface area contributed by atoms with E-state index in [1.54, 1.807) is 0 Å². The van der Waals surface area contributed by atoms with E-state index in [1.165, 1.54) is 16.2 Å². The lowest BCUT2D eigenvalue weighted by Crippen LogP contribution is -2.48. The SMILES string of the molecule is Cc1ccccc1N1C(=O)C(c2cccs2)=C(N2CCN(CCO)CC2)C1=O. The molecule has 4 rings (SSSR count). The molecule has 7 heteroatoms. The molecule has 0 atom stereocenters. The lowest BCUT2D eigenvalue weighted by molar-refractivity contribution is -0.120. The van der Waals surface area contributed by atoms with E-state index in [1.807, 2.05) is 53.6 Å². The van der Waals surface area contributed by atoms with Crippen LogP contribution in [0.1, 0.15) is 10.4 Å². The van der Waals surface area contributed by atoms with Crippen molar-refractivity contribution in [3.63, 3.8) is 0 Å². The lowest BCUT2D eigenvalue weighted by atomic mass is 10.1. The number of piperazine rings is 1. The molecule has 1 saturated heterocycles. The van der Waals surface area contributed by atoms with E-state index < -0.39 is 0 Å². The maximum atomic E-state index is 13.4. The van der Waals surface area contributed by atoms with Crippen molar-refractivity contribution >= 4 is 34.4 Å². The summed E-state index contributed by atoms with van der Waals surface area (Å²) in [5, 5.41) is 11.1. The smallest absolute Gasteiger partial charge is 0.282 e. The van der Waals surface area contributed by atoms with Gasteiger partial charge in [-0.25, -0.2) is 4.90 Å². The minimum atomic E-state index is -0.255. The van der Waals surface area contributed by atoms with Crippen molar-refractivity contribution in [1.29, 1.82) is 0 Å². The van der Waals surface area contributed by atoms with E-state index in [2.05, 4.69) is 4.90 Å². The maximum Gasteiger partial charge on any atom is 0.282 e. The molecule has 2 aliphatic heterocycles. The summed E-state index contributed by atoms with van der Waals surface area (Å²) in [7, 11) is 0. The van der Waals surface area contributed by atoms with Crippen LogP contribution in [0.15, 0.2) is 47.5 Å². The maximum absolute atomic E-state index is 13.4. The molecule has 2 aromatic rings. The van der Waals surface area contributed by atoms with Crippen molar-refractivity contribution < 1.29 is 14.7 Å². The second-order valence-electron chi connectivity index (χ2n) is 6.99. The number of anilines is 1. The molecule has 0 spiro atoms. The Labute approximate surface area is 168 Å². The zero-order valence-electron chi connectivity index (χ0n) is 15.8. The summed E-state index contributed by atoms with van der Waals surface area (Å²) in [6, 6.07) is 11.3. The van der Waals surface area contributed by atoms with Crippen molar-refractivity contribution in [3.8, 4) is 0 Å². The number of aliphatic hydroxyl groups excluding tert-OH is 1. The Morgan fingerprint density at radius 2 is 1.75 bits per heavy atom. The van der Waals surface area contributed by atoms with E-state index >= 15 is 0 Å². The van der Waals surface area contributed by atoms with Gasteiger partial charge in [-0.2, -0.15) is 0 Å². The highest BCUT2D eigenvalue weighted by Crippen LogP contribution is 2.37. The molecule has 2 aliphatic rings. The van der Waals surface area contributed by atoms with Gasteiger partial charge >= 0.3 is 0 Å². The van der Waals surface area contributed by atoms with Gasteiger partial charge in [-0.15, -0.1) is 11.3 Å². The van der Waals surface area contributed by atoms with Crippen LogP contribution in [0, 0.1) is 6.92 Å². The summed E-state index contributed by atoms with van der Waals surface area (Å²) in [4.78, 5) is 33.1. The Morgan fingerprint density at radius 3 is 2.39 bits per heavy atom. The molecule has 1 aromatic heterocycles. The Bertz CT molecular complexity index is 915. The van der Waals surface area contributed by atoms with E-state index in [4.69, 9.17) is 5.11 Å². The number of benzene rings is 1. The first kappa shape index (κ1) is 18.9. The molecule has 1 aromatic carbocycles. The first-order valence-electron chi connectivity index (χ1n) is 9.42. The van der Waals surface area contributed by atoms with Crippen molar-refractivity contribution in [2.75, 3.05) is 44.2 Å². The Balaban J connectivity index is 1.72. The molecule has 0 aliphatic carbocycles. The number of hydrogen-bond donors (Lipinski definition) is 1. The molecular formula is C21H23N3O3S. The van der Waals surface area contributed by atoms with Crippen LogP contribution in [0.2, 0.25) is 0 Å². The van der Waals surface area contributed by atoms with Crippen molar-refractivity contribution in [1.82, 2.24) is 9.80 Å². The molecule has 1 fully saturated rings. The van der Waals surface area contributed by atoms with Gasteiger partial charge in [0.15, 0.2) is 0 Å². The number of β-amino-alcohol motifs (C(OH)–C–C–N with tert-alkyl or cyclic N) is 1. The summed E-state index contributed by atoms with van der Waals surface area (Å²) in [6.45, 7) is 5.50. The average Bonchev–Trinajstić information content (AvgIpc) is 3.30. The van der Waals surface area contributed by atoms with Gasteiger partial charge in [-0.3, -0.25) is 14.5 Å². The van der Waals surface area contributed by atoms with E-state index in [0.29, 0.717) is 36.6 Å². The molecule has 146 valence electrons. The predicted molar refractivity (Wildman–Crippen MR) is 110 cm³/mol. The zero-order chi connectivity index (χ0) is 19.7. The third-order valence-corrected chi connectivity index (χ3v) is 6.18. The van der Waals surface area contributed by atoms with Crippen LogP contribution in [-0.2, 0) is 9.59 Å². The van der Waals surface area contributed by atoms with Crippen LogP contribution in [-0.4, -0.2) is 66.1 Å². The Morgan fingerprint density at radius 1 is 1.00 bits per heavy atom. The van der Waals surface area contributed by atoms with Gasteiger partial charge < -0.3 is 10.0 Å². The zero-order valence-corrected chi connectivity index (χ0v) is 16.6. The van der Waals surface area contributed by atoms with Crippen molar-refractivity contribution in [3.05, 3.63) is 57.9 Å². The number of carbonyl (C=O) groups is 2. The molecule has 1 N–H and O–H groups in total. The molecule has 28 heavy (non-hydrogen) atoms. The van der Waals surface area contributed by atoms with Gasteiger partial charge in [0.1, 0.15) is 5.70 Å². The largest absolute Gasteiger partial charge is 0.395 e. The monoisotopic (exact) mass is 397 g/mol. The van der Waals surface area contributed by atoms with Crippen LogP contribution in [0.4, 0.5) is 5.69 Å². The van der Waals surface area contributed by atoms with Gasteiger partial charge in [-0.05, 0) is 30.0 Å². The van der Waals surface area contributed by atoms with Crippen molar-refractivity contribution in [2.45, 2.75) is 6.92 Å². The van der Waals surface area contributed by atoms with Crippen LogP contribution in [0.3, 0.4) is 0 Å². The first-order valence-corrected chi connectivity index (χ1v) is 10.3. The summed E-state index contributed by atoms with van der Waals surface area (Å²) >= 11 is 1.48. The number of imide groups is 1. The van der Waals surface area contributed by atoms with E-state index in [0.717, 1.165) is 23.5 Å². The summed E-state index contributed by atoms with van der Waals surface area (Å²) in [5.74, 6) is -0.507. The number of amides is 2. The fourth-order valence-electron chi connectivity index (χ4n) is 3.82. The summed E-state index contributed by atoms with van der Waals surface area (Å²) in [5.41, 5.74) is 2.53.